The number of hydrogen-bond acceptors (Lipinski definition) is 6. The number of hydrogen-bond donors (Lipinski definition) is 1. The molecule has 1 amide bonds. The molecule has 4 aromatic heterocycles. The lowest BCUT2D eigenvalue weighted by Crippen LogP contribution is -2.41. The summed E-state index contributed by atoms with van der Waals surface area (Å²) in [4.78, 5) is 25.5. The summed E-state index contributed by atoms with van der Waals surface area (Å²) >= 11 is 0. The maximum Gasteiger partial charge on any atom is 0.254 e. The molecule has 3 aliphatic rings. The average Bonchev–Trinajstić information content (AvgIpc) is 3.40. The number of methoxy groups -OCH3 is 1. The lowest BCUT2D eigenvalue weighted by molar-refractivity contribution is 0.0700. The quantitative estimate of drug-likeness (QED) is 0.251. The van der Waals surface area contributed by atoms with E-state index in [1.165, 1.54) is 23.7 Å². The van der Waals surface area contributed by atoms with Gasteiger partial charge < -0.3 is 24.5 Å². The van der Waals surface area contributed by atoms with Crippen molar-refractivity contribution in [2.45, 2.75) is 50.9 Å². The zero-order valence-corrected chi connectivity index (χ0v) is 25.8. The van der Waals surface area contributed by atoms with Crippen LogP contribution in [0.15, 0.2) is 79.4 Å². The number of rotatable bonds is 8. The Morgan fingerprint density at radius 1 is 1.02 bits per heavy atom. The van der Waals surface area contributed by atoms with Gasteiger partial charge in [0.1, 0.15) is 11.3 Å². The lowest BCUT2D eigenvalue weighted by atomic mass is 10.1. The molecule has 0 radical (unpaired) electrons. The first kappa shape index (κ1) is 27.4. The van der Waals surface area contributed by atoms with E-state index in [1.54, 1.807) is 19.5 Å². The molecule has 2 N–H and O–H groups in total. The van der Waals surface area contributed by atoms with Gasteiger partial charge in [0, 0.05) is 59.6 Å². The maximum absolute atomic E-state index is 13.9. The standard InChI is InChI=1S/C36H36N8O2/c1-46-32-15-26(36(45)42-21-25-10-11-30(42)33(25)37)13-28-34(32)43(19-23-16-39-44(20-23)27-6-4-12-38-17-27)35(40-28)31-14-24-5-2-3-7-29(24)41(31)18-22-8-9-22/h2-7,12-17,20,22,25,30,33H,8-11,18-19,21,37H2,1H3/t25?,30?,33-/m1/s1. The van der Waals surface area contributed by atoms with Gasteiger partial charge in [0.05, 0.1) is 42.9 Å². The highest BCUT2D eigenvalue weighted by molar-refractivity contribution is 6.00. The molecule has 46 heavy (non-hydrogen) atoms. The molecule has 232 valence electrons. The minimum Gasteiger partial charge on any atom is -0.494 e. The number of likely N-dealkylation sites (tertiary alicyclic amines) is 1. The van der Waals surface area contributed by atoms with Crippen molar-refractivity contribution in [3.63, 3.8) is 0 Å². The number of carbonyl (C=O) groups is 1. The van der Waals surface area contributed by atoms with E-state index in [4.69, 9.17) is 15.5 Å². The van der Waals surface area contributed by atoms with E-state index in [1.807, 2.05) is 46.2 Å². The Morgan fingerprint density at radius 3 is 2.67 bits per heavy atom. The highest BCUT2D eigenvalue weighted by atomic mass is 16.5. The molecule has 5 heterocycles. The predicted molar refractivity (Wildman–Crippen MR) is 176 cm³/mol. The molecule has 6 aromatic rings. The molecule has 2 unspecified atom stereocenters. The fourth-order valence-corrected chi connectivity index (χ4v) is 7.71. The molecular formula is C36H36N8O2. The van der Waals surface area contributed by atoms with Gasteiger partial charge in [0.15, 0.2) is 5.82 Å². The number of carbonyl (C=O) groups excluding carboxylic acids is 1. The number of benzene rings is 2. The van der Waals surface area contributed by atoms with Crippen molar-refractivity contribution in [1.82, 2.24) is 33.8 Å². The van der Waals surface area contributed by atoms with Crippen molar-refractivity contribution in [2.24, 2.45) is 17.6 Å². The first-order chi connectivity index (χ1) is 22.6. The maximum atomic E-state index is 13.9. The Kier molecular flexibility index (Phi) is 6.28. The minimum absolute atomic E-state index is 0.000422. The molecule has 1 saturated heterocycles. The molecule has 0 spiro atoms. The Bertz CT molecular complexity index is 2110. The third kappa shape index (κ3) is 4.42. The topological polar surface area (TPSA) is 109 Å². The van der Waals surface area contributed by atoms with Gasteiger partial charge in [-0.25, -0.2) is 9.67 Å². The Balaban J connectivity index is 1.20. The second kappa shape index (κ2) is 10.6. The predicted octanol–water partition coefficient (Wildman–Crippen LogP) is 5.27. The average molecular weight is 613 g/mol. The summed E-state index contributed by atoms with van der Waals surface area (Å²) in [5.74, 6) is 2.51. The SMILES string of the molecule is COc1cc(C(=O)N2CC3CCC2[C@@H]3N)cc2nc(-c3cc4ccccc4n3CC3CC3)n(Cc3cnn(-c4cccnc4)c3)c12. The van der Waals surface area contributed by atoms with Gasteiger partial charge in [-0.1, -0.05) is 18.2 Å². The van der Waals surface area contributed by atoms with Gasteiger partial charge in [0.25, 0.3) is 5.91 Å². The van der Waals surface area contributed by atoms with Gasteiger partial charge >= 0.3 is 0 Å². The van der Waals surface area contributed by atoms with Crippen LogP contribution in [0, 0.1) is 11.8 Å². The molecule has 1 aliphatic heterocycles. The van der Waals surface area contributed by atoms with E-state index in [0.717, 1.165) is 53.2 Å². The first-order valence-electron chi connectivity index (χ1n) is 16.2. The van der Waals surface area contributed by atoms with Crippen molar-refractivity contribution in [1.29, 1.82) is 0 Å². The number of imidazole rings is 1. The minimum atomic E-state index is -0.000422. The highest BCUT2D eigenvalue weighted by Gasteiger charge is 2.47. The van der Waals surface area contributed by atoms with Gasteiger partial charge in [-0.2, -0.15) is 5.10 Å². The third-order valence-corrected chi connectivity index (χ3v) is 10.3. The lowest BCUT2D eigenvalue weighted by Gasteiger charge is -2.27. The van der Waals surface area contributed by atoms with Crippen LogP contribution in [-0.2, 0) is 13.1 Å². The molecule has 3 fully saturated rings. The van der Waals surface area contributed by atoms with Crippen molar-refractivity contribution in [2.75, 3.05) is 13.7 Å². The third-order valence-electron chi connectivity index (χ3n) is 10.3. The molecule has 2 saturated carbocycles. The number of aromatic nitrogens is 6. The van der Waals surface area contributed by atoms with Crippen LogP contribution >= 0.6 is 0 Å². The van der Waals surface area contributed by atoms with Gasteiger partial charge in [0.2, 0.25) is 0 Å². The van der Waals surface area contributed by atoms with Crippen LogP contribution in [-0.4, -0.2) is 65.4 Å². The normalized spacial score (nSPS) is 20.7. The summed E-state index contributed by atoms with van der Waals surface area (Å²) in [5, 5.41) is 5.83. The summed E-state index contributed by atoms with van der Waals surface area (Å²) in [7, 11) is 1.66. The van der Waals surface area contributed by atoms with E-state index < -0.39 is 0 Å². The van der Waals surface area contributed by atoms with Crippen LogP contribution in [0.2, 0.25) is 0 Å². The van der Waals surface area contributed by atoms with Crippen LogP contribution in [0.1, 0.15) is 41.6 Å². The molecule has 3 atom stereocenters. The van der Waals surface area contributed by atoms with E-state index in [2.05, 4.69) is 49.5 Å². The summed E-state index contributed by atoms with van der Waals surface area (Å²) in [6.07, 6.45) is 12.0. The number of amides is 1. The molecular weight excluding hydrogens is 576 g/mol. The Labute approximate surface area is 266 Å². The number of pyridine rings is 1. The fraction of sp³-hybridized carbons (Fsp3) is 0.333. The number of para-hydroxylation sites is 1. The van der Waals surface area contributed by atoms with Crippen LogP contribution in [0.25, 0.3) is 39.1 Å². The number of ether oxygens (including phenoxy) is 1. The summed E-state index contributed by atoms with van der Waals surface area (Å²) in [5.41, 5.74) is 12.8. The number of fused-ring (bicyclic) bond motifs is 4. The monoisotopic (exact) mass is 612 g/mol. The van der Waals surface area contributed by atoms with Crippen molar-refractivity contribution in [3.8, 4) is 23.0 Å². The smallest absolute Gasteiger partial charge is 0.254 e. The Morgan fingerprint density at radius 2 is 1.91 bits per heavy atom. The van der Waals surface area contributed by atoms with Crippen molar-refractivity contribution >= 4 is 27.8 Å². The molecule has 2 aromatic carbocycles. The van der Waals surface area contributed by atoms with E-state index in [-0.39, 0.29) is 18.0 Å². The second-order valence-corrected chi connectivity index (χ2v) is 13.2. The zero-order valence-electron chi connectivity index (χ0n) is 25.8. The van der Waals surface area contributed by atoms with Crippen LogP contribution in [0.4, 0.5) is 0 Å². The van der Waals surface area contributed by atoms with Crippen LogP contribution < -0.4 is 10.5 Å². The van der Waals surface area contributed by atoms with Crippen LogP contribution in [0.5, 0.6) is 5.75 Å². The van der Waals surface area contributed by atoms with Gasteiger partial charge in [-0.15, -0.1) is 0 Å². The number of piperidine rings is 1. The van der Waals surface area contributed by atoms with E-state index in [9.17, 15) is 4.79 Å². The molecule has 2 bridgehead atoms. The Hall–Kier alpha value is -4.96. The van der Waals surface area contributed by atoms with Gasteiger partial charge in [-0.3, -0.25) is 9.78 Å². The number of nitrogens with two attached hydrogens (primary N) is 1. The summed E-state index contributed by atoms with van der Waals surface area (Å²) < 4.78 is 12.5. The van der Waals surface area contributed by atoms with E-state index >= 15 is 0 Å². The zero-order chi connectivity index (χ0) is 30.9. The van der Waals surface area contributed by atoms with Crippen molar-refractivity contribution < 1.29 is 9.53 Å². The van der Waals surface area contributed by atoms with Crippen molar-refractivity contribution in [3.05, 3.63) is 90.5 Å². The molecule has 9 rings (SSSR count). The summed E-state index contributed by atoms with van der Waals surface area (Å²) in [6, 6.07) is 18.6. The largest absolute Gasteiger partial charge is 0.494 e. The number of nitrogens with zero attached hydrogens (tertiary/aromatic N) is 7. The molecule has 10 heteroatoms. The molecule has 2 aliphatic carbocycles. The molecule has 10 nitrogen and oxygen atoms in total. The highest BCUT2D eigenvalue weighted by Crippen LogP contribution is 2.40. The second-order valence-electron chi connectivity index (χ2n) is 13.2. The van der Waals surface area contributed by atoms with E-state index in [0.29, 0.717) is 36.2 Å². The van der Waals surface area contributed by atoms with Gasteiger partial charge in [-0.05, 0) is 73.9 Å². The summed E-state index contributed by atoms with van der Waals surface area (Å²) in [6.45, 7) is 2.18. The fourth-order valence-electron chi connectivity index (χ4n) is 7.71. The first-order valence-corrected chi connectivity index (χ1v) is 16.2. The van der Waals surface area contributed by atoms with Crippen LogP contribution in [0.3, 0.4) is 0 Å².